The third-order valence-electron chi connectivity index (χ3n) is 7.45. The number of methoxy groups -OCH3 is 1. The molecule has 0 bridgehead atoms. The minimum Gasteiger partial charge on any atom is -0.497 e. The van der Waals surface area contributed by atoms with Crippen LogP contribution in [0.2, 0.25) is 0 Å². The average molecular weight is 586 g/mol. The standard InChI is InChI=1S/C30H39N3O7S/c1-22-18-33(23(2)21-34)41(36,37)29-12-9-25(6-5-24-7-10-26(38-4)11-8-24)17-27(29)40-28(22)19-31(3)30(35)20-32-13-15-39-16-14-32/h7-12,17,22-23,28,34H,13-16,18-21H2,1-4H3/t22-,23+,28-/m1/s1. The lowest BCUT2D eigenvalue weighted by molar-refractivity contribution is -0.133. The maximum Gasteiger partial charge on any atom is 0.247 e. The normalized spacial score (nSPS) is 21.7. The molecule has 3 atom stereocenters. The lowest BCUT2D eigenvalue weighted by Crippen LogP contribution is -2.51. The van der Waals surface area contributed by atoms with Gasteiger partial charge in [-0.05, 0) is 49.4 Å². The zero-order chi connectivity index (χ0) is 29.6. The maximum absolute atomic E-state index is 13.7. The van der Waals surface area contributed by atoms with Gasteiger partial charge in [0, 0.05) is 49.8 Å². The number of sulfonamides is 1. The molecule has 0 aliphatic carbocycles. The highest BCUT2D eigenvalue weighted by atomic mass is 32.2. The third-order valence-corrected chi connectivity index (χ3v) is 9.47. The lowest BCUT2D eigenvalue weighted by atomic mass is 10.0. The number of aliphatic hydroxyl groups excluding tert-OH is 1. The second kappa shape index (κ2) is 13.7. The summed E-state index contributed by atoms with van der Waals surface area (Å²) in [5, 5.41) is 9.88. The van der Waals surface area contributed by atoms with Crippen molar-refractivity contribution in [2.24, 2.45) is 5.92 Å². The van der Waals surface area contributed by atoms with Gasteiger partial charge in [0.25, 0.3) is 0 Å². The molecule has 11 heteroatoms. The Balaban J connectivity index is 1.63. The first-order valence-electron chi connectivity index (χ1n) is 13.8. The monoisotopic (exact) mass is 585 g/mol. The zero-order valence-electron chi connectivity index (χ0n) is 24.1. The summed E-state index contributed by atoms with van der Waals surface area (Å²) in [6, 6.07) is 11.5. The van der Waals surface area contributed by atoms with Gasteiger partial charge in [0.15, 0.2) is 0 Å². The highest BCUT2D eigenvalue weighted by Gasteiger charge is 2.38. The number of likely N-dealkylation sites (N-methyl/N-ethyl adjacent to an activating group) is 1. The van der Waals surface area contributed by atoms with Crippen LogP contribution < -0.4 is 9.47 Å². The number of ether oxygens (including phenoxy) is 3. The van der Waals surface area contributed by atoms with Crippen molar-refractivity contribution in [3.63, 3.8) is 0 Å². The Morgan fingerprint density at radius 1 is 1.15 bits per heavy atom. The van der Waals surface area contributed by atoms with Crippen molar-refractivity contribution < 1.29 is 32.5 Å². The number of morpholine rings is 1. The van der Waals surface area contributed by atoms with E-state index in [0.29, 0.717) is 31.9 Å². The summed E-state index contributed by atoms with van der Waals surface area (Å²) in [7, 11) is -0.644. The molecule has 222 valence electrons. The number of carbonyl (C=O) groups excluding carboxylic acids is 1. The Kier molecular flexibility index (Phi) is 10.3. The van der Waals surface area contributed by atoms with Crippen LogP contribution in [0, 0.1) is 17.8 Å². The van der Waals surface area contributed by atoms with Crippen LogP contribution in [-0.4, -0.2) is 112 Å². The number of nitrogens with zero attached hydrogens (tertiary/aromatic N) is 3. The van der Waals surface area contributed by atoms with E-state index in [1.54, 1.807) is 38.1 Å². The fourth-order valence-corrected chi connectivity index (χ4v) is 6.61. The van der Waals surface area contributed by atoms with Gasteiger partial charge in [-0.25, -0.2) is 8.42 Å². The highest BCUT2D eigenvalue weighted by molar-refractivity contribution is 7.89. The number of fused-ring (bicyclic) bond motifs is 1. The van der Waals surface area contributed by atoms with Crippen molar-refractivity contribution in [3.8, 4) is 23.3 Å². The fraction of sp³-hybridized carbons (Fsp3) is 0.500. The van der Waals surface area contributed by atoms with E-state index in [1.165, 1.54) is 10.4 Å². The summed E-state index contributed by atoms with van der Waals surface area (Å²) >= 11 is 0. The van der Waals surface area contributed by atoms with Crippen LogP contribution in [0.25, 0.3) is 0 Å². The molecule has 2 aromatic carbocycles. The van der Waals surface area contributed by atoms with E-state index in [4.69, 9.17) is 14.2 Å². The molecule has 1 fully saturated rings. The van der Waals surface area contributed by atoms with E-state index in [-0.39, 0.29) is 48.7 Å². The number of rotatable bonds is 7. The Labute approximate surface area is 242 Å². The van der Waals surface area contributed by atoms with Crippen LogP contribution >= 0.6 is 0 Å². The number of benzene rings is 2. The molecule has 1 saturated heterocycles. The van der Waals surface area contributed by atoms with E-state index in [1.807, 2.05) is 31.2 Å². The van der Waals surface area contributed by atoms with Gasteiger partial charge in [0.05, 0.1) is 40.0 Å². The minimum absolute atomic E-state index is 0.00648. The number of hydrogen-bond acceptors (Lipinski definition) is 8. The van der Waals surface area contributed by atoms with Crippen LogP contribution in [-0.2, 0) is 19.6 Å². The van der Waals surface area contributed by atoms with Crippen LogP contribution in [0.4, 0.5) is 0 Å². The molecular formula is C30H39N3O7S. The van der Waals surface area contributed by atoms with Crippen molar-refractivity contribution in [2.75, 3.05) is 66.7 Å². The quantitative estimate of drug-likeness (QED) is 0.489. The molecular weight excluding hydrogens is 546 g/mol. The minimum atomic E-state index is -3.98. The number of hydrogen-bond donors (Lipinski definition) is 1. The van der Waals surface area contributed by atoms with Crippen LogP contribution in [0.15, 0.2) is 47.4 Å². The van der Waals surface area contributed by atoms with Crippen molar-refractivity contribution in [2.45, 2.75) is 30.9 Å². The van der Waals surface area contributed by atoms with Gasteiger partial charge < -0.3 is 24.2 Å². The Hall–Kier alpha value is -3.14. The summed E-state index contributed by atoms with van der Waals surface area (Å²) < 4.78 is 45.8. The summed E-state index contributed by atoms with van der Waals surface area (Å²) in [6.45, 7) is 6.56. The molecule has 0 spiro atoms. The van der Waals surface area contributed by atoms with Crippen LogP contribution in [0.5, 0.6) is 11.5 Å². The molecule has 41 heavy (non-hydrogen) atoms. The second-order valence-electron chi connectivity index (χ2n) is 10.5. The van der Waals surface area contributed by atoms with Crippen LogP contribution in [0.3, 0.4) is 0 Å². The topological polar surface area (TPSA) is 109 Å². The molecule has 2 aliphatic heterocycles. The molecule has 0 aromatic heterocycles. The predicted molar refractivity (Wildman–Crippen MR) is 154 cm³/mol. The fourth-order valence-electron chi connectivity index (χ4n) is 4.78. The van der Waals surface area contributed by atoms with Gasteiger partial charge in [0.2, 0.25) is 15.9 Å². The van der Waals surface area contributed by atoms with E-state index < -0.39 is 22.2 Å². The Morgan fingerprint density at radius 3 is 2.46 bits per heavy atom. The molecule has 0 unspecified atom stereocenters. The van der Waals surface area contributed by atoms with Gasteiger partial charge in [-0.2, -0.15) is 4.31 Å². The third kappa shape index (κ3) is 7.58. The molecule has 0 radical (unpaired) electrons. The first kappa shape index (κ1) is 30.8. The second-order valence-corrected chi connectivity index (χ2v) is 12.4. The first-order valence-corrected chi connectivity index (χ1v) is 15.2. The number of aliphatic hydroxyl groups is 1. The molecule has 2 aliphatic rings. The highest BCUT2D eigenvalue weighted by Crippen LogP contribution is 2.34. The first-order chi connectivity index (χ1) is 19.6. The molecule has 2 aromatic rings. The number of amides is 1. The average Bonchev–Trinajstić information content (AvgIpc) is 2.98. The summed E-state index contributed by atoms with van der Waals surface area (Å²) in [5.74, 6) is 6.76. The molecule has 0 saturated carbocycles. The van der Waals surface area contributed by atoms with E-state index in [2.05, 4.69) is 16.7 Å². The van der Waals surface area contributed by atoms with Gasteiger partial charge >= 0.3 is 0 Å². The Bertz CT molecular complexity index is 1360. The maximum atomic E-state index is 13.7. The molecule has 10 nitrogen and oxygen atoms in total. The van der Waals surface area contributed by atoms with E-state index in [0.717, 1.165) is 11.3 Å². The van der Waals surface area contributed by atoms with Crippen molar-refractivity contribution in [1.29, 1.82) is 0 Å². The van der Waals surface area contributed by atoms with Crippen molar-refractivity contribution >= 4 is 15.9 Å². The summed E-state index contributed by atoms with van der Waals surface area (Å²) in [6.07, 6.45) is -0.499. The molecule has 1 N–H and O–H groups in total. The summed E-state index contributed by atoms with van der Waals surface area (Å²) in [4.78, 5) is 16.8. The van der Waals surface area contributed by atoms with Gasteiger partial charge in [-0.1, -0.05) is 18.8 Å². The largest absolute Gasteiger partial charge is 0.497 e. The lowest BCUT2D eigenvalue weighted by Gasteiger charge is -2.38. The van der Waals surface area contributed by atoms with Crippen molar-refractivity contribution in [3.05, 3.63) is 53.6 Å². The van der Waals surface area contributed by atoms with Gasteiger partial charge in [0.1, 0.15) is 22.5 Å². The Morgan fingerprint density at radius 2 is 1.80 bits per heavy atom. The summed E-state index contributed by atoms with van der Waals surface area (Å²) in [5.41, 5.74) is 1.36. The number of carbonyl (C=O) groups is 1. The predicted octanol–water partition coefficient (Wildman–Crippen LogP) is 1.65. The van der Waals surface area contributed by atoms with Gasteiger partial charge in [-0.15, -0.1) is 0 Å². The molecule has 4 rings (SSSR count). The smallest absolute Gasteiger partial charge is 0.247 e. The SMILES string of the molecule is COc1ccc(C#Cc2ccc3c(c2)O[C@H](CN(C)C(=O)CN2CCOCC2)[C@H](C)CN([C@@H](C)CO)S3(=O)=O)cc1. The van der Waals surface area contributed by atoms with E-state index in [9.17, 15) is 18.3 Å². The zero-order valence-corrected chi connectivity index (χ0v) is 24.9. The van der Waals surface area contributed by atoms with Gasteiger partial charge in [-0.3, -0.25) is 9.69 Å². The van der Waals surface area contributed by atoms with Crippen LogP contribution in [0.1, 0.15) is 25.0 Å². The van der Waals surface area contributed by atoms with E-state index >= 15 is 0 Å². The molecule has 1 amide bonds. The van der Waals surface area contributed by atoms with Crippen molar-refractivity contribution in [1.82, 2.24) is 14.1 Å². The molecule has 2 heterocycles.